The van der Waals surface area contributed by atoms with Gasteiger partial charge >= 0.3 is 0 Å². The zero-order valence-corrected chi connectivity index (χ0v) is 10.7. The normalized spacial score (nSPS) is 18.5. The van der Waals surface area contributed by atoms with Crippen LogP contribution >= 0.6 is 0 Å². The second-order valence-corrected chi connectivity index (χ2v) is 5.01. The summed E-state index contributed by atoms with van der Waals surface area (Å²) in [6, 6.07) is 0. The number of nitrogens with zero attached hydrogens (tertiary/aromatic N) is 3. The van der Waals surface area contributed by atoms with Gasteiger partial charge in [0.25, 0.3) is 0 Å². The van der Waals surface area contributed by atoms with Crippen molar-refractivity contribution in [1.82, 2.24) is 14.7 Å². The fourth-order valence-electron chi connectivity index (χ4n) is 2.40. The van der Waals surface area contributed by atoms with Crippen molar-refractivity contribution in [1.29, 1.82) is 0 Å². The lowest BCUT2D eigenvalue weighted by Crippen LogP contribution is -2.37. The van der Waals surface area contributed by atoms with Crippen molar-refractivity contribution in [3.8, 4) is 0 Å². The molecule has 0 aromatic carbocycles. The van der Waals surface area contributed by atoms with Gasteiger partial charge in [-0.15, -0.1) is 0 Å². The average Bonchev–Trinajstić information content (AvgIpc) is 2.73. The molecule has 1 aromatic rings. The summed E-state index contributed by atoms with van der Waals surface area (Å²) < 4.78 is 1.99. The van der Waals surface area contributed by atoms with Gasteiger partial charge in [0.05, 0.1) is 12.7 Å². The van der Waals surface area contributed by atoms with Crippen molar-refractivity contribution >= 4 is 5.78 Å². The van der Waals surface area contributed by atoms with Crippen LogP contribution in [0.5, 0.6) is 0 Å². The monoisotopic (exact) mass is 235 g/mol. The summed E-state index contributed by atoms with van der Waals surface area (Å²) in [5, 5.41) is 4.28. The van der Waals surface area contributed by atoms with E-state index in [0.29, 0.717) is 11.7 Å². The Labute approximate surface area is 103 Å². The van der Waals surface area contributed by atoms with E-state index in [0.717, 1.165) is 39.0 Å². The van der Waals surface area contributed by atoms with Crippen LogP contribution in [0, 0.1) is 12.8 Å². The first-order valence-electron chi connectivity index (χ1n) is 6.37. The van der Waals surface area contributed by atoms with Crippen molar-refractivity contribution in [2.24, 2.45) is 5.92 Å². The summed E-state index contributed by atoms with van der Waals surface area (Å²) in [6.07, 6.45) is 6.01. The van der Waals surface area contributed by atoms with Crippen LogP contribution in [0.2, 0.25) is 0 Å². The van der Waals surface area contributed by atoms with Crippen LogP contribution < -0.4 is 0 Å². The quantitative estimate of drug-likeness (QED) is 0.793. The highest BCUT2D eigenvalue weighted by molar-refractivity contribution is 5.78. The van der Waals surface area contributed by atoms with Crippen LogP contribution in [-0.2, 0) is 11.3 Å². The Morgan fingerprint density at radius 1 is 1.41 bits per heavy atom. The highest BCUT2D eigenvalue weighted by atomic mass is 16.1. The molecule has 1 fully saturated rings. The maximum Gasteiger partial charge on any atom is 0.133 e. The minimum Gasteiger partial charge on any atom is -0.301 e. The van der Waals surface area contributed by atoms with Crippen LogP contribution in [0.3, 0.4) is 0 Å². The molecule has 1 aliphatic heterocycles. The molecule has 0 saturated carbocycles. The fourth-order valence-corrected chi connectivity index (χ4v) is 2.40. The van der Waals surface area contributed by atoms with Crippen LogP contribution in [0.4, 0.5) is 0 Å². The molecular formula is C13H21N3O. The topological polar surface area (TPSA) is 38.1 Å². The molecule has 1 aliphatic rings. The molecule has 0 atom stereocenters. The third-order valence-electron chi connectivity index (χ3n) is 3.57. The van der Waals surface area contributed by atoms with E-state index in [1.165, 1.54) is 5.56 Å². The van der Waals surface area contributed by atoms with Gasteiger partial charge in [0.1, 0.15) is 5.78 Å². The standard InChI is InChI=1S/C13H21N3O/c1-11-9-14-16(10-11)8-7-15-5-3-13(4-6-15)12(2)17/h9-10,13H,3-8H2,1-2H3. The predicted molar refractivity (Wildman–Crippen MR) is 66.8 cm³/mol. The molecule has 4 heteroatoms. The van der Waals surface area contributed by atoms with E-state index in [1.54, 1.807) is 6.92 Å². The molecule has 1 saturated heterocycles. The number of carbonyl (C=O) groups is 1. The van der Waals surface area contributed by atoms with Gasteiger partial charge in [0, 0.05) is 18.7 Å². The zero-order chi connectivity index (χ0) is 12.3. The number of aryl methyl sites for hydroxylation is 1. The first-order valence-corrected chi connectivity index (χ1v) is 6.37. The fraction of sp³-hybridized carbons (Fsp3) is 0.692. The smallest absolute Gasteiger partial charge is 0.133 e. The zero-order valence-electron chi connectivity index (χ0n) is 10.7. The molecule has 0 bridgehead atoms. The van der Waals surface area contributed by atoms with Crippen LogP contribution in [-0.4, -0.2) is 40.1 Å². The van der Waals surface area contributed by atoms with Crippen LogP contribution in [0.25, 0.3) is 0 Å². The van der Waals surface area contributed by atoms with Crippen molar-refractivity contribution in [2.45, 2.75) is 33.2 Å². The average molecular weight is 235 g/mol. The molecule has 0 amide bonds. The van der Waals surface area contributed by atoms with Gasteiger partial charge in [-0.3, -0.25) is 9.48 Å². The molecule has 0 aliphatic carbocycles. The molecule has 2 heterocycles. The molecule has 0 radical (unpaired) electrons. The number of hydrogen-bond donors (Lipinski definition) is 0. The summed E-state index contributed by atoms with van der Waals surface area (Å²) >= 11 is 0. The summed E-state index contributed by atoms with van der Waals surface area (Å²) in [7, 11) is 0. The van der Waals surface area contributed by atoms with Gasteiger partial charge in [-0.05, 0) is 45.3 Å². The van der Waals surface area contributed by atoms with Crippen molar-refractivity contribution in [3.63, 3.8) is 0 Å². The van der Waals surface area contributed by atoms with Crippen molar-refractivity contribution in [2.75, 3.05) is 19.6 Å². The molecule has 1 aromatic heterocycles. The van der Waals surface area contributed by atoms with Gasteiger partial charge < -0.3 is 4.90 Å². The number of aromatic nitrogens is 2. The lowest BCUT2D eigenvalue weighted by molar-refractivity contribution is -0.122. The molecule has 17 heavy (non-hydrogen) atoms. The Balaban J connectivity index is 1.73. The number of hydrogen-bond acceptors (Lipinski definition) is 3. The van der Waals surface area contributed by atoms with Gasteiger partial charge in [0.2, 0.25) is 0 Å². The molecular weight excluding hydrogens is 214 g/mol. The summed E-state index contributed by atoms with van der Waals surface area (Å²) in [6.45, 7) is 7.84. The first kappa shape index (κ1) is 12.3. The van der Waals surface area contributed by atoms with E-state index in [4.69, 9.17) is 0 Å². The molecule has 4 nitrogen and oxygen atoms in total. The Morgan fingerprint density at radius 3 is 2.65 bits per heavy atom. The third-order valence-corrected chi connectivity index (χ3v) is 3.57. The molecule has 2 rings (SSSR count). The molecule has 0 unspecified atom stereocenters. The van der Waals surface area contributed by atoms with E-state index in [1.807, 2.05) is 10.9 Å². The Kier molecular flexibility index (Phi) is 3.94. The van der Waals surface area contributed by atoms with E-state index in [-0.39, 0.29) is 0 Å². The minimum absolute atomic E-state index is 0.304. The Hall–Kier alpha value is -1.16. The molecule has 0 N–H and O–H groups in total. The summed E-state index contributed by atoms with van der Waals surface area (Å²) in [5.41, 5.74) is 1.21. The van der Waals surface area contributed by atoms with Gasteiger partial charge in [-0.2, -0.15) is 5.10 Å². The SMILES string of the molecule is CC(=O)C1CCN(CCn2cc(C)cn2)CC1. The molecule has 94 valence electrons. The summed E-state index contributed by atoms with van der Waals surface area (Å²) in [4.78, 5) is 13.7. The highest BCUT2D eigenvalue weighted by Gasteiger charge is 2.21. The molecule has 0 spiro atoms. The predicted octanol–water partition coefficient (Wildman–Crippen LogP) is 1.49. The van der Waals surface area contributed by atoms with Gasteiger partial charge in [-0.1, -0.05) is 0 Å². The van der Waals surface area contributed by atoms with Gasteiger partial charge in [-0.25, -0.2) is 0 Å². The van der Waals surface area contributed by atoms with E-state index in [2.05, 4.69) is 23.1 Å². The number of piperidine rings is 1. The maximum absolute atomic E-state index is 11.3. The maximum atomic E-state index is 11.3. The van der Waals surface area contributed by atoms with E-state index >= 15 is 0 Å². The largest absolute Gasteiger partial charge is 0.301 e. The number of ketones is 1. The van der Waals surface area contributed by atoms with Crippen LogP contribution in [0.15, 0.2) is 12.4 Å². The lowest BCUT2D eigenvalue weighted by atomic mass is 9.93. The summed E-state index contributed by atoms with van der Waals surface area (Å²) in [5.74, 6) is 0.658. The van der Waals surface area contributed by atoms with Crippen molar-refractivity contribution in [3.05, 3.63) is 18.0 Å². The second kappa shape index (κ2) is 5.45. The number of likely N-dealkylation sites (tertiary alicyclic amines) is 1. The van der Waals surface area contributed by atoms with Crippen molar-refractivity contribution < 1.29 is 4.79 Å². The third kappa shape index (κ3) is 3.40. The van der Waals surface area contributed by atoms with Crippen LogP contribution in [0.1, 0.15) is 25.3 Å². The Bertz CT molecular complexity index is 378. The van der Waals surface area contributed by atoms with E-state index < -0.39 is 0 Å². The highest BCUT2D eigenvalue weighted by Crippen LogP contribution is 2.17. The van der Waals surface area contributed by atoms with Gasteiger partial charge in [0.15, 0.2) is 0 Å². The number of Topliss-reactive ketones (excluding diaryl/α,β-unsaturated/α-hetero) is 1. The first-order chi connectivity index (χ1) is 8.15. The number of rotatable bonds is 4. The lowest BCUT2D eigenvalue weighted by Gasteiger charge is -2.30. The number of carbonyl (C=O) groups excluding carboxylic acids is 1. The Morgan fingerprint density at radius 2 is 2.12 bits per heavy atom. The van der Waals surface area contributed by atoms with E-state index in [9.17, 15) is 4.79 Å². The second-order valence-electron chi connectivity index (χ2n) is 5.01. The minimum atomic E-state index is 0.304.